The van der Waals surface area contributed by atoms with Crippen LogP contribution in [-0.2, 0) is 9.59 Å². The van der Waals surface area contributed by atoms with Gasteiger partial charge in [0.2, 0.25) is 0 Å². The summed E-state index contributed by atoms with van der Waals surface area (Å²) in [5, 5.41) is 7.86. The number of hydrogen-bond acceptors (Lipinski definition) is 3. The van der Waals surface area contributed by atoms with Crippen molar-refractivity contribution in [3.8, 4) is 0 Å². The SMILES string of the molecule is CC(=O)CC(=O)O.CCCCCCCCCCN. The molecular formula is C14H29NO3. The largest absolute Gasteiger partial charge is 0.481 e. The summed E-state index contributed by atoms with van der Waals surface area (Å²) in [6.07, 6.45) is 10.6. The second-order valence-corrected chi connectivity index (χ2v) is 4.54. The molecule has 3 N–H and O–H groups in total. The smallest absolute Gasteiger partial charge is 0.310 e. The maximum Gasteiger partial charge on any atom is 0.310 e. The fraction of sp³-hybridized carbons (Fsp3) is 0.857. The van der Waals surface area contributed by atoms with Crippen LogP contribution in [0.3, 0.4) is 0 Å². The Bertz CT molecular complexity index is 185. The number of unbranched alkanes of at least 4 members (excludes halogenated alkanes) is 7. The Labute approximate surface area is 111 Å². The molecule has 0 fully saturated rings. The van der Waals surface area contributed by atoms with Crippen molar-refractivity contribution in [1.82, 2.24) is 0 Å². The Morgan fingerprint density at radius 1 is 0.944 bits per heavy atom. The molecular weight excluding hydrogens is 230 g/mol. The lowest BCUT2D eigenvalue weighted by Gasteiger charge is -1.99. The monoisotopic (exact) mass is 259 g/mol. The zero-order valence-corrected chi connectivity index (χ0v) is 11.9. The molecule has 0 rings (SSSR count). The highest BCUT2D eigenvalue weighted by Gasteiger charge is 1.98. The molecule has 0 saturated heterocycles. The van der Waals surface area contributed by atoms with E-state index in [4.69, 9.17) is 10.8 Å². The summed E-state index contributed by atoms with van der Waals surface area (Å²) < 4.78 is 0. The molecule has 0 bridgehead atoms. The average molecular weight is 259 g/mol. The van der Waals surface area contributed by atoms with Crippen LogP contribution in [0.4, 0.5) is 0 Å². The van der Waals surface area contributed by atoms with Crippen molar-refractivity contribution >= 4 is 11.8 Å². The molecule has 0 aliphatic carbocycles. The number of hydrogen-bond donors (Lipinski definition) is 2. The number of nitrogens with two attached hydrogens (primary N) is 1. The van der Waals surface area contributed by atoms with E-state index in [1.54, 1.807) is 0 Å². The summed E-state index contributed by atoms with van der Waals surface area (Å²) in [5.74, 6) is -1.37. The predicted molar refractivity (Wildman–Crippen MR) is 74.6 cm³/mol. The van der Waals surface area contributed by atoms with Crippen LogP contribution < -0.4 is 5.73 Å². The second kappa shape index (κ2) is 16.1. The zero-order valence-electron chi connectivity index (χ0n) is 11.9. The standard InChI is InChI=1S/C10H23N.C4H6O3/c1-2-3-4-5-6-7-8-9-10-11;1-3(5)2-4(6)7/h2-11H2,1H3;2H2,1H3,(H,6,7). The normalized spacial score (nSPS) is 9.50. The number of carbonyl (C=O) groups is 2. The molecule has 0 atom stereocenters. The quantitative estimate of drug-likeness (QED) is 0.466. The summed E-state index contributed by atoms with van der Waals surface area (Å²) in [4.78, 5) is 19.5. The van der Waals surface area contributed by atoms with Gasteiger partial charge in [-0.1, -0.05) is 51.9 Å². The summed E-state index contributed by atoms with van der Waals surface area (Å²) >= 11 is 0. The van der Waals surface area contributed by atoms with Gasteiger partial charge in [0.25, 0.3) is 0 Å². The minimum Gasteiger partial charge on any atom is -0.481 e. The number of aliphatic carboxylic acids is 1. The van der Waals surface area contributed by atoms with E-state index in [0.717, 1.165) is 6.54 Å². The van der Waals surface area contributed by atoms with Crippen molar-refractivity contribution in [2.45, 2.75) is 71.6 Å². The topological polar surface area (TPSA) is 80.4 Å². The van der Waals surface area contributed by atoms with Gasteiger partial charge in [-0.05, 0) is 19.9 Å². The summed E-state index contributed by atoms with van der Waals surface area (Å²) in [7, 11) is 0. The molecule has 0 saturated carbocycles. The molecule has 0 aliphatic rings. The minimum absolute atomic E-state index is 0.312. The molecule has 0 amide bonds. The minimum atomic E-state index is -1.06. The van der Waals surface area contributed by atoms with Crippen molar-refractivity contribution in [1.29, 1.82) is 0 Å². The molecule has 0 spiro atoms. The second-order valence-electron chi connectivity index (χ2n) is 4.54. The van der Waals surface area contributed by atoms with E-state index in [1.807, 2.05) is 0 Å². The molecule has 0 aromatic rings. The van der Waals surface area contributed by atoms with Crippen molar-refractivity contribution in [2.75, 3.05) is 6.54 Å². The fourth-order valence-electron chi connectivity index (χ4n) is 1.49. The van der Waals surface area contributed by atoms with Gasteiger partial charge in [-0.15, -0.1) is 0 Å². The Kier molecular flexibility index (Phi) is 17.4. The van der Waals surface area contributed by atoms with Crippen LogP contribution >= 0.6 is 0 Å². The summed E-state index contributed by atoms with van der Waals surface area (Å²) in [6, 6.07) is 0. The molecule has 0 radical (unpaired) electrons. The number of carbonyl (C=O) groups excluding carboxylic acids is 1. The van der Waals surface area contributed by atoms with Gasteiger partial charge >= 0.3 is 5.97 Å². The maximum atomic E-state index is 9.87. The van der Waals surface area contributed by atoms with E-state index in [1.165, 1.54) is 58.3 Å². The average Bonchev–Trinajstić information content (AvgIpc) is 2.27. The summed E-state index contributed by atoms with van der Waals surface area (Å²) in [6.45, 7) is 4.37. The van der Waals surface area contributed by atoms with Gasteiger partial charge in [-0.25, -0.2) is 0 Å². The predicted octanol–water partition coefficient (Wildman–Crippen LogP) is 3.14. The van der Waals surface area contributed by atoms with Crippen LogP contribution in [0, 0.1) is 0 Å². The lowest BCUT2D eigenvalue weighted by atomic mass is 10.1. The van der Waals surface area contributed by atoms with Gasteiger partial charge in [0, 0.05) is 0 Å². The van der Waals surface area contributed by atoms with Gasteiger partial charge in [-0.3, -0.25) is 9.59 Å². The van der Waals surface area contributed by atoms with Crippen molar-refractivity contribution < 1.29 is 14.7 Å². The third-order valence-corrected chi connectivity index (χ3v) is 2.46. The molecule has 4 heteroatoms. The van der Waals surface area contributed by atoms with Crippen LogP contribution in [-0.4, -0.2) is 23.4 Å². The van der Waals surface area contributed by atoms with Crippen LogP contribution in [0.15, 0.2) is 0 Å². The molecule has 0 aromatic heterocycles. The highest BCUT2D eigenvalue weighted by molar-refractivity contribution is 5.93. The molecule has 0 unspecified atom stereocenters. The number of rotatable bonds is 10. The third kappa shape index (κ3) is 24.4. The molecule has 108 valence electrons. The number of carboxylic acid groups (broad SMARTS) is 1. The summed E-state index contributed by atoms with van der Waals surface area (Å²) in [5.41, 5.74) is 5.39. The van der Waals surface area contributed by atoms with Crippen molar-refractivity contribution in [3.05, 3.63) is 0 Å². The third-order valence-electron chi connectivity index (χ3n) is 2.46. The Balaban J connectivity index is 0. The van der Waals surface area contributed by atoms with E-state index in [9.17, 15) is 9.59 Å². The zero-order chi connectivity index (χ0) is 14.2. The highest BCUT2D eigenvalue weighted by Crippen LogP contribution is 2.07. The van der Waals surface area contributed by atoms with Gasteiger partial charge < -0.3 is 10.8 Å². The number of Topliss-reactive ketones (excluding diaryl/α,β-unsaturated/α-hetero) is 1. The fourth-order valence-corrected chi connectivity index (χ4v) is 1.49. The Morgan fingerprint density at radius 2 is 1.39 bits per heavy atom. The van der Waals surface area contributed by atoms with Gasteiger partial charge in [0.05, 0.1) is 0 Å². The van der Waals surface area contributed by atoms with E-state index in [-0.39, 0.29) is 12.2 Å². The molecule has 0 aromatic carbocycles. The lowest BCUT2D eigenvalue weighted by molar-refractivity contribution is -0.139. The Hall–Kier alpha value is -0.900. The lowest BCUT2D eigenvalue weighted by Crippen LogP contribution is -2.00. The van der Waals surface area contributed by atoms with Gasteiger partial charge in [-0.2, -0.15) is 0 Å². The van der Waals surface area contributed by atoms with Crippen LogP contribution in [0.5, 0.6) is 0 Å². The van der Waals surface area contributed by atoms with Crippen LogP contribution in [0.25, 0.3) is 0 Å². The van der Waals surface area contributed by atoms with Crippen molar-refractivity contribution in [2.24, 2.45) is 5.73 Å². The van der Waals surface area contributed by atoms with Crippen LogP contribution in [0.2, 0.25) is 0 Å². The van der Waals surface area contributed by atoms with Gasteiger partial charge in [0.1, 0.15) is 12.2 Å². The van der Waals surface area contributed by atoms with E-state index in [2.05, 4.69) is 6.92 Å². The van der Waals surface area contributed by atoms with E-state index >= 15 is 0 Å². The first kappa shape index (κ1) is 19.4. The highest BCUT2D eigenvalue weighted by atomic mass is 16.4. The van der Waals surface area contributed by atoms with Gasteiger partial charge in [0.15, 0.2) is 0 Å². The first-order valence-corrected chi connectivity index (χ1v) is 6.95. The number of carboxylic acids is 1. The molecule has 0 heterocycles. The molecule has 18 heavy (non-hydrogen) atoms. The van der Waals surface area contributed by atoms with E-state index < -0.39 is 5.97 Å². The first-order chi connectivity index (χ1) is 8.54. The van der Waals surface area contributed by atoms with Crippen LogP contribution in [0.1, 0.15) is 71.6 Å². The van der Waals surface area contributed by atoms with E-state index in [0.29, 0.717) is 0 Å². The molecule has 4 nitrogen and oxygen atoms in total. The maximum absolute atomic E-state index is 9.87. The number of ketones is 1. The molecule has 0 aliphatic heterocycles. The Morgan fingerprint density at radius 3 is 1.67 bits per heavy atom. The first-order valence-electron chi connectivity index (χ1n) is 6.95. The van der Waals surface area contributed by atoms with Crippen molar-refractivity contribution in [3.63, 3.8) is 0 Å².